The zero-order valence-corrected chi connectivity index (χ0v) is 11.7. The third-order valence-corrected chi connectivity index (χ3v) is 4.60. The molecule has 18 heavy (non-hydrogen) atoms. The van der Waals surface area contributed by atoms with Crippen LogP contribution in [0.3, 0.4) is 0 Å². The van der Waals surface area contributed by atoms with E-state index in [1.54, 1.807) is 0 Å². The molecule has 3 rings (SSSR count). The van der Waals surface area contributed by atoms with Gasteiger partial charge in [0.25, 0.3) is 0 Å². The zero-order chi connectivity index (χ0) is 12.8. The highest BCUT2D eigenvalue weighted by molar-refractivity contribution is 5.32. The topological polar surface area (TPSA) is 33.1 Å². The van der Waals surface area contributed by atoms with Crippen LogP contribution in [0.4, 0.5) is 5.95 Å². The Labute approximate surface area is 109 Å². The van der Waals surface area contributed by atoms with Crippen molar-refractivity contribution in [1.29, 1.82) is 0 Å². The number of aromatic nitrogens is 2. The van der Waals surface area contributed by atoms with E-state index in [9.17, 15) is 0 Å². The van der Waals surface area contributed by atoms with Gasteiger partial charge in [0.1, 0.15) is 0 Å². The largest absolute Gasteiger partial charge is 0.354 e. The van der Waals surface area contributed by atoms with E-state index in [0.717, 1.165) is 18.2 Å². The Morgan fingerprint density at radius 3 is 2.67 bits per heavy atom. The molecule has 0 spiro atoms. The van der Waals surface area contributed by atoms with Gasteiger partial charge >= 0.3 is 0 Å². The van der Waals surface area contributed by atoms with Crippen LogP contribution in [0.1, 0.15) is 43.8 Å². The molecule has 0 amide bonds. The second kappa shape index (κ2) is 4.26. The Morgan fingerprint density at radius 1 is 1.44 bits per heavy atom. The Morgan fingerprint density at radius 2 is 2.17 bits per heavy atom. The molecule has 0 aromatic carbocycles. The van der Waals surface area contributed by atoms with Crippen LogP contribution in [-0.2, 0) is 0 Å². The summed E-state index contributed by atoms with van der Waals surface area (Å²) in [5, 5.41) is 3.59. The Hall–Kier alpha value is -1.03. The van der Waals surface area contributed by atoms with Gasteiger partial charge in [0.2, 0.25) is 5.95 Å². The monoisotopic (exact) mass is 248 g/mol. The first-order valence-corrected chi connectivity index (χ1v) is 7.07. The van der Waals surface area contributed by atoms with E-state index in [1.807, 2.05) is 0 Å². The fourth-order valence-electron chi connectivity index (χ4n) is 2.89. The van der Waals surface area contributed by atoms with Gasteiger partial charge in [-0.3, -0.25) is 0 Å². The van der Waals surface area contributed by atoms with E-state index in [4.69, 9.17) is 0 Å². The number of likely N-dealkylation sites (N-methyl/N-ethyl adjacent to an activating group) is 1. The summed E-state index contributed by atoms with van der Waals surface area (Å²) < 4.78 is 2.33. The van der Waals surface area contributed by atoms with Gasteiger partial charge in [-0.15, -0.1) is 0 Å². The van der Waals surface area contributed by atoms with Crippen LogP contribution in [0.15, 0.2) is 6.20 Å². The minimum atomic E-state index is 0.355. The number of hydrogen-bond acceptors (Lipinski definition) is 3. The minimum Gasteiger partial charge on any atom is -0.354 e. The van der Waals surface area contributed by atoms with Gasteiger partial charge in [0, 0.05) is 24.3 Å². The van der Waals surface area contributed by atoms with Gasteiger partial charge in [-0.1, -0.05) is 0 Å². The number of imidazole rings is 1. The van der Waals surface area contributed by atoms with Crippen LogP contribution >= 0.6 is 0 Å². The van der Waals surface area contributed by atoms with Gasteiger partial charge in [0.05, 0.1) is 5.69 Å². The maximum atomic E-state index is 4.63. The Balaban J connectivity index is 1.69. The van der Waals surface area contributed by atoms with Crippen LogP contribution in [0.25, 0.3) is 0 Å². The van der Waals surface area contributed by atoms with E-state index >= 15 is 0 Å². The highest BCUT2D eigenvalue weighted by atomic mass is 15.3. The fraction of sp³-hybridized carbons (Fsp3) is 0.786. The maximum Gasteiger partial charge on any atom is 0.203 e. The predicted octanol–water partition coefficient (Wildman–Crippen LogP) is 2.42. The first kappa shape index (κ1) is 12.0. The molecule has 1 heterocycles. The van der Waals surface area contributed by atoms with E-state index in [0.29, 0.717) is 11.6 Å². The van der Waals surface area contributed by atoms with Crippen molar-refractivity contribution < 1.29 is 0 Å². The third-order valence-electron chi connectivity index (χ3n) is 4.60. The molecule has 2 aliphatic rings. The van der Waals surface area contributed by atoms with Gasteiger partial charge in [0.15, 0.2) is 0 Å². The second-order valence-corrected chi connectivity index (χ2v) is 6.17. The highest BCUT2D eigenvalue weighted by Gasteiger charge is 2.39. The van der Waals surface area contributed by atoms with Crippen LogP contribution in [0.2, 0.25) is 0 Å². The molecule has 0 aliphatic heterocycles. The number of aryl methyl sites for hydroxylation is 1. The molecular weight excluding hydrogens is 224 g/mol. The summed E-state index contributed by atoms with van der Waals surface area (Å²) in [4.78, 5) is 7.00. The molecule has 100 valence electrons. The summed E-state index contributed by atoms with van der Waals surface area (Å²) in [7, 11) is 4.39. The number of hydrogen-bond donors (Lipinski definition) is 1. The molecule has 0 radical (unpaired) electrons. The van der Waals surface area contributed by atoms with Crippen molar-refractivity contribution in [1.82, 2.24) is 14.5 Å². The van der Waals surface area contributed by atoms with Crippen molar-refractivity contribution in [2.24, 2.45) is 0 Å². The van der Waals surface area contributed by atoms with Crippen LogP contribution in [0.5, 0.6) is 0 Å². The fourth-order valence-corrected chi connectivity index (χ4v) is 2.89. The highest BCUT2D eigenvalue weighted by Crippen LogP contribution is 2.39. The molecule has 0 atom stereocenters. The van der Waals surface area contributed by atoms with Crippen molar-refractivity contribution in [3.8, 4) is 0 Å². The van der Waals surface area contributed by atoms with Gasteiger partial charge in [-0.05, 0) is 53.1 Å². The summed E-state index contributed by atoms with van der Waals surface area (Å²) in [6, 6.07) is 0.699. The quantitative estimate of drug-likeness (QED) is 0.868. The lowest BCUT2D eigenvalue weighted by molar-refractivity contribution is 0.0736. The van der Waals surface area contributed by atoms with Gasteiger partial charge in [-0.2, -0.15) is 0 Å². The number of anilines is 1. The summed E-state index contributed by atoms with van der Waals surface area (Å²) in [6.07, 6.45) is 8.76. The van der Waals surface area contributed by atoms with E-state index in [2.05, 4.69) is 47.0 Å². The minimum absolute atomic E-state index is 0.355. The molecule has 2 fully saturated rings. The van der Waals surface area contributed by atoms with Crippen molar-refractivity contribution in [3.63, 3.8) is 0 Å². The molecule has 4 nitrogen and oxygen atoms in total. The average molecular weight is 248 g/mol. The van der Waals surface area contributed by atoms with Crippen molar-refractivity contribution in [2.45, 2.75) is 50.6 Å². The van der Waals surface area contributed by atoms with Crippen molar-refractivity contribution >= 4 is 5.95 Å². The van der Waals surface area contributed by atoms with Crippen LogP contribution < -0.4 is 5.32 Å². The Bertz CT molecular complexity index is 427. The molecule has 0 bridgehead atoms. The molecule has 0 saturated heterocycles. The lowest BCUT2D eigenvalue weighted by Crippen LogP contribution is -2.54. The number of rotatable bonds is 5. The first-order chi connectivity index (χ1) is 8.61. The first-order valence-electron chi connectivity index (χ1n) is 7.07. The molecule has 1 aromatic rings. The summed E-state index contributed by atoms with van der Waals surface area (Å²) in [6.45, 7) is 3.10. The van der Waals surface area contributed by atoms with E-state index in [-0.39, 0.29) is 0 Å². The molecule has 0 unspecified atom stereocenters. The molecule has 1 N–H and O–H groups in total. The third kappa shape index (κ3) is 2.03. The van der Waals surface area contributed by atoms with Crippen molar-refractivity contribution in [2.75, 3.05) is 26.0 Å². The SMILES string of the molecule is Cc1cn(C2CC2)c(NCC2(N(C)C)CCC2)n1. The molecule has 2 saturated carbocycles. The molecule has 2 aliphatic carbocycles. The molecule has 4 heteroatoms. The Kier molecular flexibility index (Phi) is 2.85. The van der Waals surface area contributed by atoms with Gasteiger partial charge < -0.3 is 14.8 Å². The van der Waals surface area contributed by atoms with Crippen LogP contribution in [-0.4, -0.2) is 40.6 Å². The lowest BCUT2D eigenvalue weighted by atomic mass is 9.75. The summed E-state index contributed by atoms with van der Waals surface area (Å²) in [5.74, 6) is 1.07. The van der Waals surface area contributed by atoms with E-state index < -0.39 is 0 Å². The lowest BCUT2D eigenvalue weighted by Gasteiger charge is -2.47. The smallest absolute Gasteiger partial charge is 0.203 e. The average Bonchev–Trinajstić information content (AvgIpc) is 3.01. The van der Waals surface area contributed by atoms with Crippen molar-refractivity contribution in [3.05, 3.63) is 11.9 Å². The zero-order valence-electron chi connectivity index (χ0n) is 11.7. The maximum absolute atomic E-state index is 4.63. The second-order valence-electron chi connectivity index (χ2n) is 6.17. The molecule has 1 aromatic heterocycles. The predicted molar refractivity (Wildman–Crippen MR) is 74.0 cm³/mol. The normalized spacial score (nSPS) is 22.0. The van der Waals surface area contributed by atoms with Gasteiger partial charge in [-0.25, -0.2) is 4.98 Å². The number of nitrogens with one attached hydrogen (secondary N) is 1. The summed E-state index contributed by atoms with van der Waals surface area (Å²) in [5.41, 5.74) is 1.48. The summed E-state index contributed by atoms with van der Waals surface area (Å²) >= 11 is 0. The van der Waals surface area contributed by atoms with E-state index in [1.165, 1.54) is 32.1 Å². The van der Waals surface area contributed by atoms with Crippen LogP contribution in [0, 0.1) is 6.92 Å². The standard InChI is InChI=1S/C14H24N4/c1-11-9-18(12-5-6-12)13(16-11)15-10-14(17(2)3)7-4-8-14/h9,12H,4-8,10H2,1-3H3,(H,15,16). The number of nitrogens with zero attached hydrogens (tertiary/aromatic N) is 3. The molecular formula is C14H24N4.